The molecule has 0 saturated heterocycles. The van der Waals surface area contributed by atoms with Crippen molar-refractivity contribution in [3.05, 3.63) is 61.4 Å². The van der Waals surface area contributed by atoms with Gasteiger partial charge in [0.05, 0.1) is 8.95 Å². The van der Waals surface area contributed by atoms with Gasteiger partial charge < -0.3 is 0 Å². The summed E-state index contributed by atoms with van der Waals surface area (Å²) in [5.41, 5.74) is 0. The van der Waals surface area contributed by atoms with Gasteiger partial charge in [-0.3, -0.25) is 0 Å². The third-order valence-corrected chi connectivity index (χ3v) is 8.79. The summed E-state index contributed by atoms with van der Waals surface area (Å²) in [7, 11) is 0. The predicted molar refractivity (Wildman–Crippen MR) is 81.1 cm³/mol. The first-order chi connectivity index (χ1) is 8.06. The third-order valence-electron chi connectivity index (χ3n) is 1.97. The summed E-state index contributed by atoms with van der Waals surface area (Å²) < 4.78 is 7.33. The highest BCUT2D eigenvalue weighted by molar-refractivity contribution is 9.11. The monoisotopic (exact) mass is 593 g/mol. The van der Waals surface area contributed by atoms with Gasteiger partial charge >= 0.3 is 21.2 Å². The van der Waals surface area contributed by atoms with Crippen LogP contribution in [0.15, 0.2) is 54.3 Å². The van der Waals surface area contributed by atoms with Crippen LogP contribution in [-0.2, 0) is 0 Å². The van der Waals surface area contributed by atoms with Crippen LogP contribution in [0.25, 0.3) is 0 Å². The lowest BCUT2D eigenvalue weighted by molar-refractivity contribution is -0.599. The molecule has 0 aliphatic heterocycles. The Morgan fingerprint density at radius 2 is 1.06 bits per heavy atom. The fourth-order valence-electron chi connectivity index (χ4n) is 1.20. The Hall–Kier alpha value is 1.09. The molecule has 0 aliphatic carbocycles. The van der Waals surface area contributed by atoms with E-state index in [1.54, 1.807) is 0 Å². The molecule has 2 rings (SSSR count). The lowest BCUT2D eigenvalue weighted by atomic mass is 10.4. The molecule has 0 spiro atoms. The molecule has 0 fully saturated rings. The van der Waals surface area contributed by atoms with Gasteiger partial charge in [-0.1, -0.05) is 31.9 Å². The summed E-state index contributed by atoms with van der Waals surface area (Å²) in [4.78, 5) is 0. The molecule has 0 radical (unpaired) electrons. The molecule has 0 unspecified atom stereocenters. The van der Waals surface area contributed by atoms with Crippen molar-refractivity contribution in [1.82, 2.24) is 0 Å². The van der Waals surface area contributed by atoms with Crippen LogP contribution in [0.1, 0.15) is 0 Å². The molecule has 0 aliphatic rings. The summed E-state index contributed by atoms with van der Waals surface area (Å²) in [5.74, 6) is 0. The van der Waals surface area contributed by atoms with Crippen molar-refractivity contribution < 1.29 is 21.2 Å². The highest BCUT2D eigenvalue weighted by Crippen LogP contribution is 2.18. The standard InChI is InChI=1S/C12H6Br4I/c13-7-1-3-11(9(15)5-7)17-12-4-2-8(14)6-10(12)16/h1-6H/q+1. The largest absolute Gasteiger partial charge is 0.360 e. The molecule has 2 aromatic carbocycles. The summed E-state index contributed by atoms with van der Waals surface area (Å²) in [6.45, 7) is 0. The molecule has 0 atom stereocenters. The zero-order chi connectivity index (χ0) is 12.4. The van der Waals surface area contributed by atoms with Gasteiger partial charge in [0.25, 0.3) is 0 Å². The van der Waals surface area contributed by atoms with Gasteiger partial charge in [-0.15, -0.1) is 0 Å². The van der Waals surface area contributed by atoms with E-state index in [1.165, 1.54) is 16.1 Å². The fraction of sp³-hybridized carbons (Fsp3) is 0. The third kappa shape index (κ3) is 4.03. The second-order valence-electron chi connectivity index (χ2n) is 3.21. The van der Waals surface area contributed by atoms with Crippen LogP contribution in [0.3, 0.4) is 0 Å². The van der Waals surface area contributed by atoms with Crippen LogP contribution in [0.2, 0.25) is 0 Å². The average molecular weight is 597 g/mol. The lowest BCUT2D eigenvalue weighted by Gasteiger charge is -1.95. The summed E-state index contributed by atoms with van der Waals surface area (Å²) in [6.07, 6.45) is 0. The molecule has 0 amide bonds. The Morgan fingerprint density at radius 3 is 1.41 bits per heavy atom. The first kappa shape index (κ1) is 14.5. The second-order valence-corrected chi connectivity index (χ2v) is 9.62. The van der Waals surface area contributed by atoms with E-state index < -0.39 is 0 Å². The van der Waals surface area contributed by atoms with Crippen molar-refractivity contribution in [3.63, 3.8) is 0 Å². The Bertz CT molecular complexity index is 505. The number of benzene rings is 2. The van der Waals surface area contributed by atoms with E-state index in [0.29, 0.717) is 0 Å². The van der Waals surface area contributed by atoms with Gasteiger partial charge in [-0.2, -0.15) is 0 Å². The maximum absolute atomic E-state index is 3.62. The van der Waals surface area contributed by atoms with Crippen molar-refractivity contribution in [1.29, 1.82) is 0 Å². The zero-order valence-electron chi connectivity index (χ0n) is 8.35. The topological polar surface area (TPSA) is 0 Å². The summed E-state index contributed by atoms with van der Waals surface area (Å²) in [5, 5.41) is 0. The maximum atomic E-state index is 3.62. The Morgan fingerprint density at radius 1 is 0.647 bits per heavy atom. The Balaban J connectivity index is 2.31. The van der Waals surface area contributed by atoms with Crippen molar-refractivity contribution >= 4 is 63.7 Å². The Labute approximate surface area is 144 Å². The number of rotatable bonds is 2. The zero-order valence-corrected chi connectivity index (χ0v) is 16.9. The van der Waals surface area contributed by atoms with Crippen molar-refractivity contribution in [2.75, 3.05) is 0 Å². The van der Waals surface area contributed by atoms with E-state index >= 15 is 0 Å². The number of hydrogen-bond acceptors (Lipinski definition) is 0. The van der Waals surface area contributed by atoms with Gasteiger partial charge in [-0.05, 0) is 68.3 Å². The maximum Gasteiger partial charge on any atom is 0.360 e. The Kier molecular flexibility index (Phi) is 5.54. The summed E-state index contributed by atoms with van der Waals surface area (Å²) in [6, 6.07) is 12.7. The highest BCUT2D eigenvalue weighted by atomic mass is 127. The van der Waals surface area contributed by atoms with Gasteiger partial charge in [0, 0.05) is 8.95 Å². The molecule has 0 bridgehead atoms. The normalized spacial score (nSPS) is 10.6. The van der Waals surface area contributed by atoms with Crippen molar-refractivity contribution in [2.45, 2.75) is 0 Å². The first-order valence-corrected chi connectivity index (χ1v) is 9.94. The quantitative estimate of drug-likeness (QED) is 0.370. The minimum Gasteiger partial charge on any atom is -0.0508 e. The van der Waals surface area contributed by atoms with Crippen LogP contribution < -0.4 is 21.2 Å². The molecule has 88 valence electrons. The van der Waals surface area contributed by atoms with Gasteiger partial charge in [0.15, 0.2) is 0 Å². The molecular weight excluding hydrogens is 591 g/mol. The minimum absolute atomic E-state index is 0.176. The molecule has 0 N–H and O–H groups in total. The van der Waals surface area contributed by atoms with E-state index in [2.05, 4.69) is 100 Å². The van der Waals surface area contributed by atoms with E-state index in [0.717, 1.165) is 8.95 Å². The molecule has 2 aromatic rings. The summed E-state index contributed by atoms with van der Waals surface area (Å²) >= 11 is 14.0. The molecule has 17 heavy (non-hydrogen) atoms. The van der Waals surface area contributed by atoms with Gasteiger partial charge in [0.2, 0.25) is 7.14 Å². The lowest BCUT2D eigenvalue weighted by Crippen LogP contribution is -3.61. The SMILES string of the molecule is Brc1ccc([I+]c2ccc(Br)cc2Br)c(Br)c1. The molecule has 0 aromatic heterocycles. The smallest absolute Gasteiger partial charge is 0.0508 e. The highest BCUT2D eigenvalue weighted by Gasteiger charge is 2.22. The van der Waals surface area contributed by atoms with E-state index in [4.69, 9.17) is 0 Å². The van der Waals surface area contributed by atoms with Crippen LogP contribution in [-0.4, -0.2) is 0 Å². The van der Waals surface area contributed by atoms with Crippen molar-refractivity contribution in [2.24, 2.45) is 0 Å². The fourth-order valence-corrected chi connectivity index (χ4v) is 6.48. The first-order valence-electron chi connectivity index (χ1n) is 4.61. The second kappa shape index (κ2) is 6.50. The minimum atomic E-state index is -0.176. The molecule has 0 heterocycles. The molecule has 5 heteroatoms. The number of hydrogen-bond donors (Lipinski definition) is 0. The van der Waals surface area contributed by atoms with E-state index in [1.807, 2.05) is 0 Å². The van der Waals surface area contributed by atoms with Crippen LogP contribution >= 0.6 is 63.7 Å². The van der Waals surface area contributed by atoms with Gasteiger partial charge in [0.1, 0.15) is 0 Å². The van der Waals surface area contributed by atoms with E-state index in [9.17, 15) is 0 Å². The van der Waals surface area contributed by atoms with Gasteiger partial charge in [-0.25, -0.2) is 0 Å². The molecular formula is C12H6Br4I+. The molecule has 0 saturated carbocycles. The van der Waals surface area contributed by atoms with E-state index in [-0.39, 0.29) is 21.2 Å². The average Bonchev–Trinajstić information content (AvgIpc) is 2.25. The molecule has 0 nitrogen and oxygen atoms in total. The van der Waals surface area contributed by atoms with Crippen LogP contribution in [0.4, 0.5) is 0 Å². The number of halogens is 5. The predicted octanol–water partition coefficient (Wildman–Crippen LogP) is 2.87. The van der Waals surface area contributed by atoms with Crippen LogP contribution in [0, 0.1) is 7.14 Å². The van der Waals surface area contributed by atoms with Crippen molar-refractivity contribution in [3.8, 4) is 0 Å². The van der Waals surface area contributed by atoms with Crippen LogP contribution in [0.5, 0.6) is 0 Å².